The van der Waals surface area contributed by atoms with Crippen LogP contribution >= 0.6 is 39.1 Å². The number of rotatable bonds is 7. The summed E-state index contributed by atoms with van der Waals surface area (Å²) in [4.78, 5) is 8.43. The van der Waals surface area contributed by atoms with Gasteiger partial charge in [-0.2, -0.15) is 10.5 Å². The summed E-state index contributed by atoms with van der Waals surface area (Å²) in [6.07, 6.45) is 1.60. The van der Waals surface area contributed by atoms with E-state index in [1.807, 2.05) is 12.1 Å². The van der Waals surface area contributed by atoms with Gasteiger partial charge in [0, 0.05) is 15.6 Å². The van der Waals surface area contributed by atoms with Crippen molar-refractivity contribution in [1.29, 1.82) is 10.5 Å². The highest BCUT2D eigenvalue weighted by Gasteiger charge is 2.19. The first-order valence-electron chi connectivity index (χ1n) is 12.2. The molecular formula is C30H25BrCl2N6O4. The lowest BCUT2D eigenvalue weighted by Gasteiger charge is -2.16. The Labute approximate surface area is 267 Å². The Kier molecular flexibility index (Phi) is 11.1. The Morgan fingerprint density at radius 3 is 1.67 bits per heavy atom. The van der Waals surface area contributed by atoms with Gasteiger partial charge in [0.1, 0.15) is 22.9 Å². The van der Waals surface area contributed by atoms with E-state index in [1.54, 1.807) is 56.3 Å². The summed E-state index contributed by atoms with van der Waals surface area (Å²) in [6, 6.07) is 13.5. The lowest BCUT2D eigenvalue weighted by molar-refractivity contribution is 0.394. The number of halogens is 3. The van der Waals surface area contributed by atoms with Crippen molar-refractivity contribution < 1.29 is 18.9 Å². The molecule has 0 atom stereocenters. The molecule has 0 saturated heterocycles. The zero-order valence-electron chi connectivity index (χ0n) is 23.5. The van der Waals surface area contributed by atoms with Crippen molar-refractivity contribution in [3.05, 3.63) is 85.6 Å². The topological polar surface area (TPSA) is 162 Å². The second kappa shape index (κ2) is 14.5. The van der Waals surface area contributed by atoms with Crippen LogP contribution in [0, 0.1) is 36.5 Å². The third-order valence-corrected chi connectivity index (χ3v) is 7.04. The lowest BCUT2D eigenvalue weighted by Crippen LogP contribution is -2.03. The number of pyridine rings is 2. The third kappa shape index (κ3) is 7.79. The molecule has 13 heteroatoms. The molecule has 0 aliphatic carbocycles. The average molecular weight is 684 g/mol. The van der Waals surface area contributed by atoms with E-state index in [-0.39, 0.29) is 23.1 Å². The van der Waals surface area contributed by atoms with Crippen LogP contribution < -0.4 is 30.4 Å². The van der Waals surface area contributed by atoms with Gasteiger partial charge in [0.25, 0.3) is 0 Å². The van der Waals surface area contributed by atoms with Crippen molar-refractivity contribution in [3.63, 3.8) is 0 Å². The van der Waals surface area contributed by atoms with E-state index >= 15 is 0 Å². The molecule has 4 aromatic rings. The molecule has 220 valence electrons. The summed E-state index contributed by atoms with van der Waals surface area (Å²) in [7, 11) is 2.95. The molecule has 2 aromatic carbocycles. The summed E-state index contributed by atoms with van der Waals surface area (Å²) >= 11 is 15.3. The number of hydrogen-bond acceptors (Lipinski definition) is 10. The van der Waals surface area contributed by atoms with Gasteiger partial charge in [0.15, 0.2) is 11.5 Å². The van der Waals surface area contributed by atoms with Crippen molar-refractivity contribution >= 4 is 56.6 Å². The maximum Gasteiger partial charge on any atom is 0.241 e. The van der Waals surface area contributed by atoms with Crippen LogP contribution in [0.5, 0.6) is 34.8 Å². The second-order valence-electron chi connectivity index (χ2n) is 8.61. The number of nitriles is 2. The number of hydrogen-bond donors (Lipinski definition) is 2. The molecule has 0 fully saturated rings. The zero-order valence-corrected chi connectivity index (χ0v) is 26.6. The van der Waals surface area contributed by atoms with Crippen molar-refractivity contribution in [1.82, 2.24) is 9.97 Å². The van der Waals surface area contributed by atoms with Gasteiger partial charge in [-0.1, -0.05) is 35.9 Å². The van der Waals surface area contributed by atoms with Crippen molar-refractivity contribution in [3.8, 4) is 46.9 Å². The van der Waals surface area contributed by atoms with Crippen LogP contribution in [0.2, 0.25) is 10.0 Å². The Hall–Kier alpha value is -4.68. The van der Waals surface area contributed by atoms with Gasteiger partial charge in [0.2, 0.25) is 11.8 Å². The standard InChI is InChI=1S/C16H14ClN3O2.C14H11BrClN3O2/c1-4-13-9(2)20-16(21-3)14(19)15(13)22-12-6-10(8-18)5-11(17)7-12;1-7-11(15)13(12(18)14(19-7)20-2)21-10-4-8(6-17)3-9(16)5-10/h4-7H,1,19H2,2-3H3;3-5H,18H2,1-2H3. The molecular weight excluding hydrogens is 659 g/mol. The Morgan fingerprint density at radius 2 is 1.23 bits per heavy atom. The molecule has 0 aliphatic heterocycles. The van der Waals surface area contributed by atoms with Crippen LogP contribution in [0.3, 0.4) is 0 Å². The number of aryl methyl sites for hydroxylation is 2. The normalized spacial score (nSPS) is 9.98. The SMILES string of the molecule is C=Cc1c(C)nc(OC)c(N)c1Oc1cc(Cl)cc(C#N)c1.COc1nc(C)c(Br)c(Oc2cc(Cl)cc(C#N)c2)c1N. The van der Waals surface area contributed by atoms with Gasteiger partial charge in [0.05, 0.1) is 53.3 Å². The quantitative estimate of drug-likeness (QED) is 0.195. The van der Waals surface area contributed by atoms with Gasteiger partial charge < -0.3 is 30.4 Å². The number of nitrogen functional groups attached to an aromatic ring is 2. The van der Waals surface area contributed by atoms with Gasteiger partial charge in [-0.25, -0.2) is 9.97 Å². The molecule has 0 amide bonds. The van der Waals surface area contributed by atoms with Gasteiger partial charge in [-0.3, -0.25) is 0 Å². The van der Waals surface area contributed by atoms with Gasteiger partial charge in [-0.05, 0) is 66.2 Å². The molecule has 2 aromatic heterocycles. The lowest BCUT2D eigenvalue weighted by atomic mass is 10.1. The first-order valence-corrected chi connectivity index (χ1v) is 13.7. The first kappa shape index (κ1) is 32.8. The van der Waals surface area contributed by atoms with Crippen LogP contribution in [0.25, 0.3) is 6.08 Å². The monoisotopic (exact) mass is 682 g/mol. The minimum atomic E-state index is 0.251. The summed E-state index contributed by atoms with van der Waals surface area (Å²) in [5.41, 5.74) is 15.3. The van der Waals surface area contributed by atoms with E-state index in [0.717, 1.165) is 0 Å². The van der Waals surface area contributed by atoms with Crippen LogP contribution in [0.15, 0.2) is 47.4 Å². The molecule has 4 rings (SSSR count). The molecule has 2 heterocycles. The number of methoxy groups -OCH3 is 2. The molecule has 43 heavy (non-hydrogen) atoms. The maximum atomic E-state index is 9.00. The molecule has 0 unspecified atom stereocenters. The first-order chi connectivity index (χ1) is 20.4. The number of nitrogens with two attached hydrogens (primary N) is 2. The second-order valence-corrected chi connectivity index (χ2v) is 10.3. The highest BCUT2D eigenvalue weighted by atomic mass is 79.9. The Morgan fingerprint density at radius 1 is 0.791 bits per heavy atom. The molecule has 0 bridgehead atoms. The molecule has 0 radical (unpaired) electrons. The smallest absolute Gasteiger partial charge is 0.241 e. The van der Waals surface area contributed by atoms with Gasteiger partial charge >= 0.3 is 0 Å². The van der Waals surface area contributed by atoms with E-state index < -0.39 is 0 Å². The van der Waals surface area contributed by atoms with E-state index in [0.29, 0.717) is 65.6 Å². The zero-order chi connectivity index (χ0) is 31.8. The molecule has 10 nitrogen and oxygen atoms in total. The predicted molar refractivity (Wildman–Crippen MR) is 170 cm³/mol. The largest absolute Gasteiger partial charge is 0.479 e. The average Bonchev–Trinajstić information content (AvgIpc) is 2.98. The van der Waals surface area contributed by atoms with Crippen LogP contribution in [0.4, 0.5) is 11.4 Å². The number of aromatic nitrogens is 2. The van der Waals surface area contributed by atoms with E-state index in [2.05, 4.69) is 32.5 Å². The number of nitrogens with zero attached hydrogens (tertiary/aromatic N) is 4. The van der Waals surface area contributed by atoms with E-state index in [9.17, 15) is 0 Å². The van der Waals surface area contributed by atoms with E-state index in [1.165, 1.54) is 14.2 Å². The minimum Gasteiger partial charge on any atom is -0.479 e. The summed E-state index contributed by atoms with van der Waals surface area (Å²) in [5.74, 6) is 2.07. The highest BCUT2D eigenvalue weighted by molar-refractivity contribution is 9.10. The van der Waals surface area contributed by atoms with Gasteiger partial charge in [-0.15, -0.1) is 0 Å². The number of anilines is 2. The third-order valence-electron chi connectivity index (χ3n) is 5.67. The van der Waals surface area contributed by atoms with Crippen molar-refractivity contribution in [2.24, 2.45) is 0 Å². The summed E-state index contributed by atoms with van der Waals surface area (Å²) in [5, 5.41) is 18.8. The van der Waals surface area contributed by atoms with Crippen molar-refractivity contribution in [2.75, 3.05) is 25.7 Å². The summed E-state index contributed by atoms with van der Waals surface area (Å²) in [6.45, 7) is 7.33. The van der Waals surface area contributed by atoms with E-state index in [4.69, 9.17) is 64.1 Å². The summed E-state index contributed by atoms with van der Waals surface area (Å²) < 4.78 is 22.5. The fourth-order valence-corrected chi connectivity index (χ4v) is 4.52. The molecule has 0 spiro atoms. The maximum absolute atomic E-state index is 9.00. The Balaban J connectivity index is 0.000000236. The number of ether oxygens (including phenoxy) is 4. The van der Waals surface area contributed by atoms with Crippen LogP contribution in [-0.2, 0) is 0 Å². The van der Waals surface area contributed by atoms with Crippen molar-refractivity contribution in [2.45, 2.75) is 13.8 Å². The molecule has 4 N–H and O–H groups in total. The molecule has 0 aliphatic rings. The van der Waals surface area contributed by atoms with Crippen LogP contribution in [-0.4, -0.2) is 24.2 Å². The van der Waals surface area contributed by atoms with Crippen LogP contribution in [0.1, 0.15) is 28.1 Å². The Bertz CT molecular complexity index is 1790. The fraction of sp³-hybridized carbons (Fsp3) is 0.133. The fourth-order valence-electron chi connectivity index (χ4n) is 3.69. The highest BCUT2D eigenvalue weighted by Crippen LogP contribution is 2.42. The minimum absolute atomic E-state index is 0.251. The predicted octanol–water partition coefficient (Wildman–Crippen LogP) is 8.00. The number of benzene rings is 2. The molecule has 0 saturated carbocycles.